The minimum Gasteiger partial charge on any atom is -0.207 e. The summed E-state index contributed by atoms with van der Waals surface area (Å²) in [5.41, 5.74) is 4.99. The van der Waals surface area contributed by atoms with Crippen molar-refractivity contribution in [2.75, 3.05) is 0 Å². The summed E-state index contributed by atoms with van der Waals surface area (Å²) < 4.78 is 13.2. The van der Waals surface area contributed by atoms with E-state index >= 15 is 0 Å². The van der Waals surface area contributed by atoms with Gasteiger partial charge in [-0.05, 0) is 54.7 Å². The molecule has 1 heterocycles. The average molecular weight is 330 g/mol. The Kier molecular flexibility index (Phi) is 4.43. The van der Waals surface area contributed by atoms with Crippen LogP contribution >= 0.6 is 0 Å². The zero-order chi connectivity index (χ0) is 17.1. The van der Waals surface area contributed by atoms with E-state index in [0.29, 0.717) is 11.5 Å². The van der Waals surface area contributed by atoms with Crippen LogP contribution in [0.3, 0.4) is 0 Å². The lowest BCUT2D eigenvalue weighted by molar-refractivity contribution is 0.627. The quantitative estimate of drug-likeness (QED) is 0.695. The van der Waals surface area contributed by atoms with E-state index in [-0.39, 0.29) is 5.82 Å². The van der Waals surface area contributed by atoms with Crippen molar-refractivity contribution in [3.63, 3.8) is 0 Å². The van der Waals surface area contributed by atoms with Crippen LogP contribution in [0.25, 0.3) is 0 Å². The first-order chi connectivity index (χ1) is 12.3. The number of hydrogen-bond acceptors (Lipinski definition) is 2. The normalized spacial score (nSPS) is 17.0. The summed E-state index contributed by atoms with van der Waals surface area (Å²) in [6.07, 6.45) is 6.03. The molecule has 0 N–H and O–H groups in total. The summed E-state index contributed by atoms with van der Waals surface area (Å²) >= 11 is 0. The molecule has 2 aromatic carbocycles. The molecule has 3 heteroatoms. The van der Waals surface area contributed by atoms with E-state index in [4.69, 9.17) is 0 Å². The first kappa shape index (κ1) is 15.8. The van der Waals surface area contributed by atoms with Crippen LogP contribution in [0, 0.1) is 23.6 Å². The van der Waals surface area contributed by atoms with Gasteiger partial charge in [0.15, 0.2) is 0 Å². The Morgan fingerprint density at radius 1 is 0.880 bits per heavy atom. The van der Waals surface area contributed by atoms with Gasteiger partial charge in [0.1, 0.15) is 5.82 Å². The molecule has 4 rings (SSSR count). The fourth-order valence-corrected chi connectivity index (χ4v) is 3.47. The van der Waals surface area contributed by atoms with Crippen LogP contribution in [0.15, 0.2) is 58.7 Å². The topological polar surface area (TPSA) is 24.7 Å². The van der Waals surface area contributed by atoms with E-state index in [1.807, 2.05) is 24.3 Å². The largest absolute Gasteiger partial charge is 0.207 e. The molecule has 0 unspecified atom stereocenters. The van der Waals surface area contributed by atoms with Gasteiger partial charge in [0.05, 0.1) is 5.71 Å². The molecule has 2 aliphatic rings. The smallest absolute Gasteiger partial charge is 0.124 e. The molecule has 0 amide bonds. The van der Waals surface area contributed by atoms with Gasteiger partial charge < -0.3 is 0 Å². The number of hydrogen-bond donors (Lipinski definition) is 0. The Hall–Kier alpha value is -2.73. The molecule has 1 aliphatic carbocycles. The molecule has 25 heavy (non-hydrogen) atoms. The fourth-order valence-electron chi connectivity index (χ4n) is 3.47. The van der Waals surface area contributed by atoms with Crippen molar-refractivity contribution in [3.05, 3.63) is 71.0 Å². The first-order valence-electron chi connectivity index (χ1n) is 8.79. The third-order valence-electron chi connectivity index (χ3n) is 4.87. The number of halogens is 1. The first-order valence-corrected chi connectivity index (χ1v) is 8.79. The van der Waals surface area contributed by atoms with Crippen molar-refractivity contribution in [1.29, 1.82) is 0 Å². The lowest BCUT2D eigenvalue weighted by Crippen LogP contribution is -2.12. The Morgan fingerprint density at radius 2 is 1.64 bits per heavy atom. The van der Waals surface area contributed by atoms with Crippen LogP contribution in [0.4, 0.5) is 4.39 Å². The molecule has 0 bridgehead atoms. The van der Waals surface area contributed by atoms with Crippen molar-refractivity contribution >= 4 is 11.4 Å². The van der Waals surface area contributed by atoms with Crippen LogP contribution in [-0.4, -0.2) is 11.4 Å². The highest BCUT2D eigenvalue weighted by Crippen LogP contribution is 2.29. The summed E-state index contributed by atoms with van der Waals surface area (Å²) in [7, 11) is 0. The Labute approximate surface area is 147 Å². The molecule has 1 fully saturated rings. The summed E-state index contributed by atoms with van der Waals surface area (Å²) in [4.78, 5) is 0. The molecule has 0 aromatic heterocycles. The highest BCUT2D eigenvalue weighted by molar-refractivity contribution is 6.15. The van der Waals surface area contributed by atoms with E-state index < -0.39 is 0 Å². The van der Waals surface area contributed by atoms with Crippen molar-refractivity contribution in [3.8, 4) is 11.8 Å². The van der Waals surface area contributed by atoms with Crippen molar-refractivity contribution < 1.29 is 4.39 Å². The maximum Gasteiger partial charge on any atom is 0.124 e. The maximum atomic E-state index is 13.2. The van der Waals surface area contributed by atoms with E-state index in [0.717, 1.165) is 23.3 Å². The Morgan fingerprint density at radius 3 is 2.40 bits per heavy atom. The molecule has 0 spiro atoms. The second kappa shape index (κ2) is 7.03. The van der Waals surface area contributed by atoms with Crippen LogP contribution in [0.2, 0.25) is 0 Å². The van der Waals surface area contributed by atoms with Gasteiger partial charge >= 0.3 is 0 Å². The molecule has 1 aliphatic heterocycles. The van der Waals surface area contributed by atoms with Crippen molar-refractivity contribution in [1.82, 2.24) is 0 Å². The molecular formula is C22H19FN2. The van der Waals surface area contributed by atoms with Gasteiger partial charge in [-0.3, -0.25) is 0 Å². The monoisotopic (exact) mass is 330 g/mol. The summed E-state index contributed by atoms with van der Waals surface area (Å²) in [6, 6.07) is 14.4. The lowest BCUT2D eigenvalue weighted by Gasteiger charge is -2.08. The predicted molar refractivity (Wildman–Crippen MR) is 99.4 cm³/mol. The highest BCUT2D eigenvalue weighted by Gasteiger charge is 2.25. The van der Waals surface area contributed by atoms with E-state index in [1.54, 1.807) is 12.1 Å². The average Bonchev–Trinajstić information content (AvgIpc) is 3.32. The van der Waals surface area contributed by atoms with Gasteiger partial charge in [-0.2, -0.15) is 10.2 Å². The Balaban J connectivity index is 1.43. The second-order valence-electron chi connectivity index (χ2n) is 6.63. The standard InChI is InChI=1S/C22H19FN2/c23-20-7-3-4-17(14-20)9-8-16-10-12-19(13-11-16)22-15-21(24-25-22)18-5-1-2-6-18/h3-4,7,10-14,18H,1-2,5-6,15H2. The van der Waals surface area contributed by atoms with Crippen LogP contribution in [-0.2, 0) is 0 Å². The molecular weight excluding hydrogens is 311 g/mol. The second-order valence-corrected chi connectivity index (χ2v) is 6.63. The molecule has 124 valence electrons. The third-order valence-corrected chi connectivity index (χ3v) is 4.87. The van der Waals surface area contributed by atoms with Gasteiger partial charge in [-0.15, -0.1) is 0 Å². The zero-order valence-electron chi connectivity index (χ0n) is 14.0. The number of nitrogens with zero attached hydrogens (tertiary/aromatic N) is 2. The molecule has 2 aromatic rings. The third kappa shape index (κ3) is 3.69. The highest BCUT2D eigenvalue weighted by atomic mass is 19.1. The molecule has 2 nitrogen and oxygen atoms in total. The summed E-state index contributed by atoms with van der Waals surface area (Å²) in [5, 5.41) is 8.82. The fraction of sp³-hybridized carbons (Fsp3) is 0.273. The minimum absolute atomic E-state index is 0.264. The molecule has 0 radical (unpaired) electrons. The summed E-state index contributed by atoms with van der Waals surface area (Å²) in [6.45, 7) is 0. The SMILES string of the molecule is Fc1cccc(C#Cc2ccc(C3=NN=C(C4CCCC4)C3)cc2)c1. The van der Waals surface area contributed by atoms with Gasteiger partial charge in [0, 0.05) is 23.3 Å². The van der Waals surface area contributed by atoms with Crippen LogP contribution in [0.5, 0.6) is 0 Å². The number of benzene rings is 2. The van der Waals surface area contributed by atoms with Gasteiger partial charge in [0.25, 0.3) is 0 Å². The van der Waals surface area contributed by atoms with E-state index in [1.165, 1.54) is 43.5 Å². The molecule has 0 atom stereocenters. The number of rotatable bonds is 2. The van der Waals surface area contributed by atoms with Crippen LogP contribution < -0.4 is 0 Å². The van der Waals surface area contributed by atoms with E-state index in [9.17, 15) is 4.39 Å². The van der Waals surface area contributed by atoms with Gasteiger partial charge in [-0.25, -0.2) is 4.39 Å². The lowest BCUT2D eigenvalue weighted by atomic mass is 9.95. The molecule has 0 saturated heterocycles. The predicted octanol–water partition coefficient (Wildman–Crippen LogP) is 4.96. The van der Waals surface area contributed by atoms with Gasteiger partial charge in [0.2, 0.25) is 0 Å². The maximum absolute atomic E-state index is 13.2. The zero-order valence-corrected chi connectivity index (χ0v) is 14.0. The minimum atomic E-state index is -0.264. The summed E-state index contributed by atoms with van der Waals surface area (Å²) in [5.74, 6) is 6.44. The molecule has 1 saturated carbocycles. The van der Waals surface area contributed by atoms with Crippen molar-refractivity contribution in [2.45, 2.75) is 32.1 Å². The van der Waals surface area contributed by atoms with Crippen molar-refractivity contribution in [2.24, 2.45) is 16.1 Å². The Bertz CT molecular complexity index is 892. The van der Waals surface area contributed by atoms with Gasteiger partial charge in [-0.1, -0.05) is 42.9 Å². The van der Waals surface area contributed by atoms with E-state index in [2.05, 4.69) is 22.0 Å². The van der Waals surface area contributed by atoms with Crippen LogP contribution in [0.1, 0.15) is 48.8 Å².